The minimum Gasteiger partial charge on any atom is -0.416 e. The SMILES string of the molecule is O=C(CSc1nnc(Cc2ccc(Br)cc2)o1)NNC(=O)c1ccccc1. The molecule has 0 aliphatic carbocycles. The van der Waals surface area contributed by atoms with Crippen molar-refractivity contribution < 1.29 is 14.0 Å². The van der Waals surface area contributed by atoms with Gasteiger partial charge in [0.15, 0.2) is 0 Å². The van der Waals surface area contributed by atoms with Crippen molar-refractivity contribution in [2.24, 2.45) is 0 Å². The Morgan fingerprint density at radius 2 is 1.74 bits per heavy atom. The number of nitrogens with one attached hydrogen (secondary N) is 2. The van der Waals surface area contributed by atoms with E-state index < -0.39 is 0 Å². The maximum atomic E-state index is 11.8. The van der Waals surface area contributed by atoms with Gasteiger partial charge in [-0.05, 0) is 29.8 Å². The second-order valence-corrected chi connectivity index (χ2v) is 7.26. The van der Waals surface area contributed by atoms with E-state index in [4.69, 9.17) is 4.42 Å². The summed E-state index contributed by atoms with van der Waals surface area (Å²) in [4.78, 5) is 23.7. The molecule has 27 heavy (non-hydrogen) atoms. The van der Waals surface area contributed by atoms with Crippen LogP contribution in [0.15, 0.2) is 68.7 Å². The van der Waals surface area contributed by atoms with Crippen LogP contribution in [0.4, 0.5) is 0 Å². The summed E-state index contributed by atoms with van der Waals surface area (Å²) in [6.45, 7) is 0. The molecule has 0 unspecified atom stereocenters. The van der Waals surface area contributed by atoms with Crippen LogP contribution in [0.1, 0.15) is 21.8 Å². The summed E-state index contributed by atoms with van der Waals surface area (Å²) < 4.78 is 6.52. The van der Waals surface area contributed by atoms with Crippen LogP contribution in [0.5, 0.6) is 0 Å². The molecule has 0 saturated heterocycles. The largest absolute Gasteiger partial charge is 0.416 e. The number of hydrogen-bond donors (Lipinski definition) is 2. The summed E-state index contributed by atoms with van der Waals surface area (Å²) in [5.41, 5.74) is 6.20. The molecule has 0 atom stereocenters. The number of aromatic nitrogens is 2. The van der Waals surface area contributed by atoms with Crippen LogP contribution >= 0.6 is 27.7 Å². The molecule has 0 fully saturated rings. The third-order valence-electron chi connectivity index (χ3n) is 3.40. The molecule has 2 N–H and O–H groups in total. The van der Waals surface area contributed by atoms with Crippen LogP contribution in [0.3, 0.4) is 0 Å². The third kappa shape index (κ3) is 5.93. The van der Waals surface area contributed by atoms with Crippen LogP contribution in [-0.2, 0) is 11.2 Å². The second-order valence-electron chi connectivity index (χ2n) is 5.42. The number of nitrogens with zero attached hydrogens (tertiary/aromatic N) is 2. The molecule has 2 amide bonds. The molecule has 2 aromatic carbocycles. The van der Waals surface area contributed by atoms with Crippen molar-refractivity contribution in [3.8, 4) is 0 Å². The highest BCUT2D eigenvalue weighted by atomic mass is 79.9. The first-order valence-electron chi connectivity index (χ1n) is 7.94. The summed E-state index contributed by atoms with van der Waals surface area (Å²) in [5, 5.41) is 8.19. The lowest BCUT2D eigenvalue weighted by Crippen LogP contribution is -2.42. The van der Waals surface area contributed by atoms with E-state index in [1.807, 2.05) is 24.3 Å². The quantitative estimate of drug-likeness (QED) is 0.446. The average molecular weight is 447 g/mol. The van der Waals surface area contributed by atoms with Crippen molar-refractivity contribution in [1.29, 1.82) is 0 Å². The summed E-state index contributed by atoms with van der Waals surface area (Å²) in [6, 6.07) is 16.4. The Balaban J connectivity index is 1.43. The van der Waals surface area contributed by atoms with Gasteiger partial charge in [0.1, 0.15) is 0 Å². The van der Waals surface area contributed by atoms with Crippen molar-refractivity contribution in [2.75, 3.05) is 5.75 Å². The number of thioether (sulfide) groups is 1. The number of halogens is 1. The zero-order valence-electron chi connectivity index (χ0n) is 14.0. The van der Waals surface area contributed by atoms with Gasteiger partial charge < -0.3 is 4.42 Å². The van der Waals surface area contributed by atoms with E-state index in [1.165, 1.54) is 0 Å². The van der Waals surface area contributed by atoms with Gasteiger partial charge in [0.05, 0.1) is 12.2 Å². The van der Waals surface area contributed by atoms with Crippen molar-refractivity contribution in [1.82, 2.24) is 21.0 Å². The van der Waals surface area contributed by atoms with Gasteiger partial charge in [-0.1, -0.05) is 58.0 Å². The second kappa shape index (κ2) is 9.33. The Hall–Kier alpha value is -2.65. The first-order chi connectivity index (χ1) is 13.1. The fraction of sp³-hybridized carbons (Fsp3) is 0.111. The Morgan fingerprint density at radius 1 is 1.00 bits per heavy atom. The van der Waals surface area contributed by atoms with Gasteiger partial charge in [-0.2, -0.15) is 0 Å². The van der Waals surface area contributed by atoms with Gasteiger partial charge >= 0.3 is 0 Å². The number of carbonyl (C=O) groups excluding carboxylic acids is 2. The molecule has 1 heterocycles. The van der Waals surface area contributed by atoms with Crippen molar-refractivity contribution in [3.05, 3.63) is 76.1 Å². The lowest BCUT2D eigenvalue weighted by atomic mass is 10.2. The lowest BCUT2D eigenvalue weighted by molar-refractivity contribution is -0.119. The van der Waals surface area contributed by atoms with Gasteiger partial charge in [0, 0.05) is 10.0 Å². The lowest BCUT2D eigenvalue weighted by Gasteiger charge is -2.06. The van der Waals surface area contributed by atoms with E-state index >= 15 is 0 Å². The van der Waals surface area contributed by atoms with Gasteiger partial charge in [-0.25, -0.2) is 0 Å². The molecule has 138 valence electrons. The molecule has 0 aliphatic rings. The van der Waals surface area contributed by atoms with Crippen LogP contribution in [-0.4, -0.2) is 27.8 Å². The first-order valence-corrected chi connectivity index (χ1v) is 9.72. The fourth-order valence-corrected chi connectivity index (χ4v) is 2.94. The molecule has 0 bridgehead atoms. The minimum atomic E-state index is -0.386. The van der Waals surface area contributed by atoms with E-state index in [9.17, 15) is 9.59 Å². The smallest absolute Gasteiger partial charge is 0.277 e. The topological polar surface area (TPSA) is 97.1 Å². The maximum Gasteiger partial charge on any atom is 0.277 e. The molecule has 3 rings (SSSR count). The van der Waals surface area contributed by atoms with Gasteiger partial charge in [0.2, 0.25) is 11.8 Å². The van der Waals surface area contributed by atoms with E-state index in [2.05, 4.69) is 37.0 Å². The van der Waals surface area contributed by atoms with Gasteiger partial charge in [-0.3, -0.25) is 20.4 Å². The zero-order valence-corrected chi connectivity index (χ0v) is 16.4. The summed E-state index contributed by atoms with van der Waals surface area (Å²) >= 11 is 4.48. The predicted molar refractivity (Wildman–Crippen MR) is 104 cm³/mol. The maximum absolute atomic E-state index is 11.8. The van der Waals surface area contributed by atoms with Gasteiger partial charge in [0.25, 0.3) is 11.1 Å². The standard InChI is InChI=1S/C18H15BrN4O3S/c19-14-8-6-12(7-9-14)10-16-21-23-18(26-16)27-11-15(24)20-22-17(25)13-4-2-1-3-5-13/h1-9H,10-11H2,(H,20,24)(H,22,25). The fourth-order valence-electron chi connectivity index (χ4n) is 2.10. The third-order valence-corrected chi connectivity index (χ3v) is 4.74. The molecule has 0 saturated carbocycles. The van der Waals surface area contributed by atoms with E-state index in [-0.39, 0.29) is 17.6 Å². The highest BCUT2D eigenvalue weighted by molar-refractivity contribution is 9.10. The normalized spacial score (nSPS) is 10.4. The van der Waals surface area contributed by atoms with E-state index in [0.29, 0.717) is 23.1 Å². The molecule has 9 heteroatoms. The Labute approximate surface area is 168 Å². The average Bonchev–Trinajstić information content (AvgIpc) is 3.14. The molecule has 1 aromatic heterocycles. The Bertz CT molecular complexity index is 916. The van der Waals surface area contributed by atoms with Crippen LogP contribution in [0.25, 0.3) is 0 Å². The van der Waals surface area contributed by atoms with Crippen molar-refractivity contribution >= 4 is 39.5 Å². The Kier molecular flexibility index (Phi) is 6.61. The van der Waals surface area contributed by atoms with Gasteiger partial charge in [-0.15, -0.1) is 10.2 Å². The molecule has 0 aliphatic heterocycles. The van der Waals surface area contributed by atoms with E-state index in [1.54, 1.807) is 30.3 Å². The number of hydrazine groups is 1. The first kappa shape index (κ1) is 19.1. The molecular weight excluding hydrogens is 432 g/mol. The summed E-state index contributed by atoms with van der Waals surface area (Å²) in [7, 11) is 0. The predicted octanol–water partition coefficient (Wildman–Crippen LogP) is 2.98. The molecule has 7 nitrogen and oxygen atoms in total. The van der Waals surface area contributed by atoms with E-state index in [0.717, 1.165) is 21.8 Å². The minimum absolute atomic E-state index is 0.0367. The highest BCUT2D eigenvalue weighted by Crippen LogP contribution is 2.18. The van der Waals surface area contributed by atoms with Crippen LogP contribution in [0.2, 0.25) is 0 Å². The van der Waals surface area contributed by atoms with Crippen LogP contribution < -0.4 is 10.9 Å². The number of rotatable bonds is 6. The number of amides is 2. The van der Waals surface area contributed by atoms with Crippen molar-refractivity contribution in [3.63, 3.8) is 0 Å². The van der Waals surface area contributed by atoms with Crippen LogP contribution in [0, 0.1) is 0 Å². The Morgan fingerprint density at radius 3 is 2.48 bits per heavy atom. The number of benzene rings is 2. The number of carbonyl (C=O) groups is 2. The molecule has 3 aromatic rings. The molecule has 0 radical (unpaired) electrons. The summed E-state index contributed by atoms with van der Waals surface area (Å²) in [6.07, 6.45) is 0.514. The number of hydrogen-bond acceptors (Lipinski definition) is 6. The molecular formula is C18H15BrN4O3S. The molecule has 0 spiro atoms. The highest BCUT2D eigenvalue weighted by Gasteiger charge is 2.11. The van der Waals surface area contributed by atoms with Crippen molar-refractivity contribution in [2.45, 2.75) is 11.6 Å². The summed E-state index contributed by atoms with van der Waals surface area (Å²) in [5.74, 6) is -0.257. The zero-order chi connectivity index (χ0) is 19.1. The monoisotopic (exact) mass is 446 g/mol.